The number of hydrogen-bond donors (Lipinski definition) is 6. The van der Waals surface area contributed by atoms with Gasteiger partial charge in [-0.25, -0.2) is 18.7 Å². The number of aromatic nitrogens is 4. The van der Waals surface area contributed by atoms with Crippen LogP contribution in [0.3, 0.4) is 0 Å². The van der Waals surface area contributed by atoms with Gasteiger partial charge >= 0.3 is 29.4 Å². The number of nitrogen functional groups attached to an aromatic ring is 1. The molecule has 0 amide bonds. The smallest absolute Gasteiger partial charge is 0.457 e. The predicted octanol–water partition coefficient (Wildman–Crippen LogP) is 3.56. The molecule has 1 aliphatic heterocycles. The zero-order chi connectivity index (χ0) is 39.0. The van der Waals surface area contributed by atoms with E-state index >= 15 is 0 Å². The summed E-state index contributed by atoms with van der Waals surface area (Å²) in [7, 11) is -20.1. The number of phosphoric acid groups is 3. The summed E-state index contributed by atoms with van der Waals surface area (Å²) in [6, 6.07) is 0. The summed E-state index contributed by atoms with van der Waals surface area (Å²) in [5.74, 6) is -1.35. The Morgan fingerprint density at radius 3 is 2.29 bits per heavy atom. The summed E-state index contributed by atoms with van der Waals surface area (Å²) in [5, 5.41) is -0.439. The van der Waals surface area contributed by atoms with Gasteiger partial charge in [0.1, 0.15) is 18.0 Å². The topological polar surface area (TPSA) is 311 Å². The summed E-state index contributed by atoms with van der Waals surface area (Å²) >= 11 is 0. The molecule has 52 heavy (non-hydrogen) atoms. The minimum Gasteiger partial charge on any atom is -0.457 e. The van der Waals surface area contributed by atoms with Crippen LogP contribution in [0.4, 0.5) is 5.95 Å². The Hall–Kier alpha value is -2.16. The van der Waals surface area contributed by atoms with Crippen LogP contribution < -0.4 is 11.3 Å². The molecule has 21 nitrogen and oxygen atoms in total. The van der Waals surface area contributed by atoms with E-state index in [2.05, 4.69) is 23.6 Å². The first-order chi connectivity index (χ1) is 23.8. The monoisotopic (exact) mass is 817 g/mol. The number of carbonyl (C=O) groups excluding carboxylic acids is 2. The van der Waals surface area contributed by atoms with E-state index in [1.54, 1.807) is 0 Å². The summed E-state index contributed by atoms with van der Waals surface area (Å²) in [5.41, 5.74) is 4.95. The largest absolute Gasteiger partial charge is 0.490 e. The molecule has 1 aliphatic carbocycles. The number of H-pyrrole nitrogens is 1. The summed E-state index contributed by atoms with van der Waals surface area (Å²) in [4.78, 5) is 87.5. The van der Waals surface area contributed by atoms with Gasteiger partial charge in [0.05, 0.1) is 18.9 Å². The molecule has 2 aromatic rings. The van der Waals surface area contributed by atoms with Crippen LogP contribution in [0.15, 0.2) is 11.1 Å². The molecule has 0 spiro atoms. The van der Waals surface area contributed by atoms with E-state index < -0.39 is 79.0 Å². The number of anilines is 1. The predicted molar refractivity (Wildman–Crippen MR) is 184 cm³/mol. The highest BCUT2D eigenvalue weighted by Gasteiger charge is 2.56. The number of nitrogens with one attached hydrogen (secondary N) is 1. The fourth-order valence-electron chi connectivity index (χ4n) is 5.81. The van der Waals surface area contributed by atoms with Gasteiger partial charge in [-0.15, -0.1) is 0 Å². The van der Waals surface area contributed by atoms with Gasteiger partial charge in [-0.2, -0.15) is 13.6 Å². The van der Waals surface area contributed by atoms with Gasteiger partial charge in [0.25, 0.3) is 5.56 Å². The second-order valence-electron chi connectivity index (χ2n) is 14.3. The first-order valence-electron chi connectivity index (χ1n) is 16.4. The lowest BCUT2D eigenvalue weighted by Gasteiger charge is -2.40. The van der Waals surface area contributed by atoms with E-state index in [1.807, 2.05) is 33.9 Å². The maximum absolute atomic E-state index is 13.5. The molecule has 294 valence electrons. The number of fused-ring (bicyclic) bond motifs is 1. The van der Waals surface area contributed by atoms with E-state index in [1.165, 1.54) is 10.9 Å². The lowest BCUT2D eigenvalue weighted by molar-refractivity contribution is -0.158. The van der Waals surface area contributed by atoms with Crippen molar-refractivity contribution in [3.63, 3.8) is 0 Å². The molecule has 7 N–H and O–H groups in total. The highest BCUT2D eigenvalue weighted by molar-refractivity contribution is 7.66. The highest BCUT2D eigenvalue weighted by atomic mass is 31.3. The van der Waals surface area contributed by atoms with Crippen LogP contribution in [-0.4, -0.2) is 83.6 Å². The van der Waals surface area contributed by atoms with Crippen molar-refractivity contribution in [1.82, 2.24) is 19.5 Å². The third kappa shape index (κ3) is 10.7. The van der Waals surface area contributed by atoms with E-state index in [0.29, 0.717) is 0 Å². The molecule has 1 saturated heterocycles. The van der Waals surface area contributed by atoms with Crippen LogP contribution in [0.25, 0.3) is 11.2 Å². The molecule has 25 heteroatoms. The lowest BCUT2D eigenvalue weighted by atomic mass is 9.85. The number of aromatic amines is 1. The van der Waals surface area contributed by atoms with Crippen LogP contribution in [0, 0.1) is 5.92 Å². The van der Waals surface area contributed by atoms with Gasteiger partial charge < -0.3 is 39.2 Å². The summed E-state index contributed by atoms with van der Waals surface area (Å²) in [6.45, 7) is 10.8. The lowest BCUT2D eigenvalue weighted by Crippen LogP contribution is -2.50. The molecule has 0 bridgehead atoms. The van der Waals surface area contributed by atoms with Crippen LogP contribution in [0.2, 0.25) is 18.1 Å². The molecular formula is C27H46N5O16P3Si. The van der Waals surface area contributed by atoms with Gasteiger partial charge in [0.15, 0.2) is 31.8 Å². The molecular weight excluding hydrogens is 771 g/mol. The van der Waals surface area contributed by atoms with Crippen LogP contribution in [0.5, 0.6) is 0 Å². The summed E-state index contributed by atoms with van der Waals surface area (Å²) in [6.07, 6.45) is -2.16. The average Bonchev–Trinajstić information content (AvgIpc) is 3.54. The number of Topliss-reactive ketones (excluding diaryl/α,β-unsaturated/α-hetero) is 1. The Kier molecular flexibility index (Phi) is 13.0. The number of esters is 1. The number of ketones is 1. The second-order valence-corrected chi connectivity index (χ2v) is 23.4. The molecule has 2 aliphatic rings. The van der Waals surface area contributed by atoms with Crippen molar-refractivity contribution in [2.75, 3.05) is 5.73 Å². The molecule has 0 aromatic carbocycles. The van der Waals surface area contributed by atoms with Gasteiger partial charge in [-0.1, -0.05) is 40.0 Å². The number of nitrogens with zero attached hydrogens (tertiary/aromatic N) is 3. The van der Waals surface area contributed by atoms with Crippen molar-refractivity contribution >= 4 is 60.7 Å². The van der Waals surface area contributed by atoms with Gasteiger partial charge in [-0.3, -0.25) is 28.5 Å². The Morgan fingerprint density at radius 2 is 1.69 bits per heavy atom. The molecule has 0 radical (unpaired) electrons. The number of ether oxygens (including phenoxy) is 2. The van der Waals surface area contributed by atoms with Gasteiger partial charge in [0, 0.05) is 12.3 Å². The van der Waals surface area contributed by atoms with E-state index in [9.17, 15) is 37.9 Å². The SMILES string of the molecule is CC(OP(=O)(O)OP(=O)(O)OP(=O)(O)O)[C@H]1O[C@@H](n2cnc3c(=O)[nH]c(N)nc32)C(O[Si](C)(C)C(C)(C)C)C1OC(=O)CCC(=O)C1CCCCC1. The minimum absolute atomic E-state index is 0.0561. The van der Waals surface area contributed by atoms with Crippen molar-refractivity contribution in [2.24, 2.45) is 5.92 Å². The Morgan fingerprint density at radius 1 is 1.06 bits per heavy atom. The van der Waals surface area contributed by atoms with Crippen molar-refractivity contribution in [2.45, 2.75) is 121 Å². The van der Waals surface area contributed by atoms with Crippen LogP contribution >= 0.6 is 23.5 Å². The Labute approximate surface area is 299 Å². The maximum atomic E-state index is 13.5. The highest BCUT2D eigenvalue weighted by Crippen LogP contribution is 2.66. The van der Waals surface area contributed by atoms with Gasteiger partial charge in [0.2, 0.25) is 5.95 Å². The van der Waals surface area contributed by atoms with Crippen molar-refractivity contribution in [3.05, 3.63) is 16.7 Å². The normalized spacial score (nSPS) is 25.0. The zero-order valence-electron chi connectivity index (χ0n) is 29.4. The van der Waals surface area contributed by atoms with Crippen LogP contribution in [-0.2, 0) is 50.3 Å². The summed E-state index contributed by atoms with van der Waals surface area (Å²) < 4.78 is 69.2. The number of hydrogen-bond acceptors (Lipinski definition) is 15. The minimum atomic E-state index is -5.88. The van der Waals surface area contributed by atoms with E-state index in [-0.39, 0.29) is 41.7 Å². The first kappa shape index (κ1) is 42.6. The molecule has 3 heterocycles. The molecule has 4 rings (SSSR count). The molecule has 7 atom stereocenters. The zero-order valence-corrected chi connectivity index (χ0v) is 33.1. The van der Waals surface area contributed by atoms with Crippen molar-refractivity contribution in [1.29, 1.82) is 0 Å². The molecule has 5 unspecified atom stereocenters. The number of rotatable bonds is 15. The number of imidazole rings is 1. The first-order valence-corrected chi connectivity index (χ1v) is 23.8. The second kappa shape index (κ2) is 15.9. The Bertz CT molecular complexity index is 1840. The number of phosphoric ester groups is 1. The molecule has 2 fully saturated rings. The van der Waals surface area contributed by atoms with Crippen molar-refractivity contribution < 1.29 is 69.9 Å². The number of nitrogens with two attached hydrogens (primary N) is 1. The standard InChI is InChI=1S/C27H46N5O16P3Si/c1-15(45-50(39,40)48-51(41,42)47-49(36,37)38)20-21(43-18(34)13-12-17(33)16-10-8-7-9-11-16)22(46-52(5,6)27(2,3)4)25(44-20)32-14-29-19-23(32)30-26(28)31-24(19)35/h14-16,20-22,25H,7-13H2,1-6H3,(H,39,40)(H,41,42)(H2,36,37,38)(H3,28,30,31,35)/t15?,20-,21?,22?,25-/m1/s1. The quantitative estimate of drug-likeness (QED) is 0.0850. The van der Waals surface area contributed by atoms with Crippen LogP contribution in [0.1, 0.15) is 78.9 Å². The third-order valence-corrected chi connectivity index (χ3v) is 17.7. The fourth-order valence-corrected chi connectivity index (χ4v) is 10.3. The average molecular weight is 818 g/mol. The Balaban J connectivity index is 1.73. The fraction of sp³-hybridized carbons (Fsp3) is 0.741. The van der Waals surface area contributed by atoms with E-state index in [4.69, 9.17) is 33.9 Å². The van der Waals surface area contributed by atoms with Gasteiger partial charge in [-0.05, 0) is 37.9 Å². The molecule has 1 saturated carbocycles. The maximum Gasteiger partial charge on any atom is 0.490 e. The third-order valence-electron chi connectivity index (χ3n) is 9.27. The van der Waals surface area contributed by atoms with E-state index in [0.717, 1.165) is 39.0 Å². The molecule has 2 aromatic heterocycles. The number of carbonyl (C=O) groups is 2. The van der Waals surface area contributed by atoms with Crippen molar-refractivity contribution in [3.8, 4) is 0 Å².